The fraction of sp³-hybridized carbons (Fsp3) is 0.143. The number of aromatic nitrogens is 6. The van der Waals surface area contributed by atoms with Crippen LogP contribution in [0.5, 0.6) is 0 Å². The van der Waals surface area contributed by atoms with E-state index in [0.29, 0.717) is 4.57 Å². The van der Waals surface area contributed by atoms with Crippen LogP contribution < -0.4 is 16.6 Å². The van der Waals surface area contributed by atoms with E-state index in [2.05, 4.69) is 20.8 Å². The molecular formula is C14H11F2N7O3. The minimum Gasteiger partial charge on any atom is -0.302 e. The molecule has 10 nitrogen and oxygen atoms in total. The van der Waals surface area contributed by atoms with Crippen molar-refractivity contribution in [3.8, 4) is 5.69 Å². The van der Waals surface area contributed by atoms with Crippen LogP contribution in [0.4, 0.5) is 14.7 Å². The molecule has 2 aromatic heterocycles. The first-order chi connectivity index (χ1) is 12.3. The first kappa shape index (κ1) is 17.1. The van der Waals surface area contributed by atoms with Crippen molar-refractivity contribution in [2.45, 2.75) is 0 Å². The van der Waals surface area contributed by atoms with Crippen LogP contribution in [-0.2, 0) is 14.1 Å². The summed E-state index contributed by atoms with van der Waals surface area (Å²) in [5.74, 6) is -3.60. The molecule has 3 aromatic rings. The van der Waals surface area contributed by atoms with E-state index in [1.54, 1.807) is 0 Å². The van der Waals surface area contributed by atoms with Gasteiger partial charge in [-0.25, -0.2) is 22.8 Å². The van der Waals surface area contributed by atoms with E-state index in [0.717, 1.165) is 33.6 Å². The van der Waals surface area contributed by atoms with Crippen LogP contribution in [0.15, 0.2) is 34.0 Å². The molecule has 26 heavy (non-hydrogen) atoms. The topological polar surface area (TPSA) is 117 Å². The Labute approximate surface area is 143 Å². The van der Waals surface area contributed by atoms with Crippen molar-refractivity contribution in [1.29, 1.82) is 0 Å². The van der Waals surface area contributed by atoms with Crippen molar-refractivity contribution >= 4 is 11.9 Å². The Hall–Kier alpha value is -3.70. The fourth-order valence-corrected chi connectivity index (χ4v) is 2.21. The van der Waals surface area contributed by atoms with Gasteiger partial charge in [-0.3, -0.25) is 14.9 Å². The van der Waals surface area contributed by atoms with Crippen LogP contribution in [0.3, 0.4) is 0 Å². The number of carbonyl (C=O) groups is 1. The highest BCUT2D eigenvalue weighted by Gasteiger charge is 2.21. The zero-order valence-electron chi connectivity index (χ0n) is 13.5. The average molecular weight is 363 g/mol. The van der Waals surface area contributed by atoms with Crippen molar-refractivity contribution in [1.82, 2.24) is 29.3 Å². The zero-order valence-corrected chi connectivity index (χ0v) is 13.5. The number of nitrogens with one attached hydrogen (secondary N) is 1. The third kappa shape index (κ3) is 2.76. The van der Waals surface area contributed by atoms with Gasteiger partial charge in [0.05, 0.1) is 5.69 Å². The molecule has 2 heterocycles. The van der Waals surface area contributed by atoms with Gasteiger partial charge in [0.15, 0.2) is 11.6 Å². The van der Waals surface area contributed by atoms with E-state index in [1.807, 2.05) is 0 Å². The van der Waals surface area contributed by atoms with Gasteiger partial charge in [0.2, 0.25) is 5.95 Å². The molecule has 0 aliphatic carbocycles. The Morgan fingerprint density at radius 1 is 1.19 bits per heavy atom. The largest absolute Gasteiger partial charge is 0.335 e. The predicted octanol–water partition coefficient (Wildman–Crippen LogP) is -0.410. The van der Waals surface area contributed by atoms with E-state index in [4.69, 9.17) is 0 Å². The first-order valence-electron chi connectivity index (χ1n) is 7.12. The number of rotatable bonds is 3. The second-order valence-electron chi connectivity index (χ2n) is 5.23. The highest BCUT2D eigenvalue weighted by Crippen LogP contribution is 2.13. The lowest BCUT2D eigenvalue weighted by atomic mass is 10.2. The summed E-state index contributed by atoms with van der Waals surface area (Å²) in [6.45, 7) is 0. The lowest BCUT2D eigenvalue weighted by Gasteiger charge is -2.11. The molecule has 1 amide bonds. The molecule has 3 rings (SSSR count). The highest BCUT2D eigenvalue weighted by atomic mass is 19.2. The van der Waals surface area contributed by atoms with Crippen LogP contribution in [0, 0.1) is 11.6 Å². The second kappa shape index (κ2) is 6.31. The third-order valence-electron chi connectivity index (χ3n) is 3.51. The molecule has 0 bridgehead atoms. The highest BCUT2D eigenvalue weighted by molar-refractivity contribution is 6.02. The van der Waals surface area contributed by atoms with Crippen molar-refractivity contribution < 1.29 is 13.6 Å². The smallest absolute Gasteiger partial charge is 0.302 e. The number of nitrogens with zero attached hydrogens (tertiary/aromatic N) is 6. The number of anilines is 1. The van der Waals surface area contributed by atoms with E-state index in [1.165, 1.54) is 14.1 Å². The summed E-state index contributed by atoms with van der Waals surface area (Å²) in [6.07, 6.45) is 0.984. The Morgan fingerprint density at radius 3 is 2.58 bits per heavy atom. The molecule has 12 heteroatoms. The maximum absolute atomic E-state index is 14.1. The molecule has 0 saturated heterocycles. The summed E-state index contributed by atoms with van der Waals surface area (Å²) < 4.78 is 30.0. The molecule has 1 N–H and O–H groups in total. The van der Waals surface area contributed by atoms with Gasteiger partial charge in [-0.1, -0.05) is 11.2 Å². The summed E-state index contributed by atoms with van der Waals surface area (Å²) in [6, 6.07) is 3.03. The Balaban J connectivity index is 2.18. The summed E-state index contributed by atoms with van der Waals surface area (Å²) >= 11 is 0. The monoisotopic (exact) mass is 363 g/mol. The van der Waals surface area contributed by atoms with Crippen molar-refractivity contribution in [3.63, 3.8) is 0 Å². The maximum Gasteiger partial charge on any atom is 0.335 e. The first-order valence-corrected chi connectivity index (χ1v) is 7.12. The molecule has 0 radical (unpaired) electrons. The summed E-state index contributed by atoms with van der Waals surface area (Å²) in [4.78, 5) is 37.2. The van der Waals surface area contributed by atoms with Crippen LogP contribution in [0.2, 0.25) is 0 Å². The Morgan fingerprint density at radius 2 is 1.92 bits per heavy atom. The average Bonchev–Trinajstić information content (AvgIpc) is 2.99. The molecule has 134 valence electrons. The molecule has 0 aliphatic heterocycles. The molecule has 0 atom stereocenters. The van der Waals surface area contributed by atoms with Crippen molar-refractivity contribution in [2.24, 2.45) is 14.1 Å². The summed E-state index contributed by atoms with van der Waals surface area (Å²) in [5, 5.41) is 12.7. The minimum absolute atomic E-state index is 0.0493. The Kier molecular flexibility index (Phi) is 4.16. The summed E-state index contributed by atoms with van der Waals surface area (Å²) in [7, 11) is 2.72. The van der Waals surface area contributed by atoms with E-state index in [-0.39, 0.29) is 5.95 Å². The van der Waals surface area contributed by atoms with Crippen molar-refractivity contribution in [2.75, 3.05) is 5.32 Å². The number of carbonyl (C=O) groups excluding carboxylic acids is 1. The van der Waals surface area contributed by atoms with E-state index >= 15 is 0 Å². The number of hydrogen-bond acceptors (Lipinski definition) is 6. The SMILES string of the molecule is Cn1nnnc1NC(=O)c1cn(C)c(=O)n(-c2cccc(F)c2F)c1=O. The molecule has 0 spiro atoms. The molecular weight excluding hydrogens is 352 g/mol. The van der Waals surface area contributed by atoms with Crippen molar-refractivity contribution in [3.05, 3.63) is 62.4 Å². The van der Waals surface area contributed by atoms with Gasteiger partial charge < -0.3 is 4.57 Å². The van der Waals surface area contributed by atoms with Crippen LogP contribution in [0.25, 0.3) is 5.69 Å². The fourth-order valence-electron chi connectivity index (χ4n) is 2.21. The normalized spacial score (nSPS) is 10.8. The predicted molar refractivity (Wildman–Crippen MR) is 83.9 cm³/mol. The number of benzene rings is 1. The van der Waals surface area contributed by atoms with E-state index in [9.17, 15) is 23.2 Å². The maximum atomic E-state index is 14.1. The van der Waals surface area contributed by atoms with Gasteiger partial charge >= 0.3 is 5.69 Å². The lowest BCUT2D eigenvalue weighted by molar-refractivity contribution is 0.102. The molecule has 0 unspecified atom stereocenters. The molecule has 1 aromatic carbocycles. The van der Waals surface area contributed by atoms with Crippen LogP contribution in [-0.4, -0.2) is 35.2 Å². The third-order valence-corrected chi connectivity index (χ3v) is 3.51. The van der Waals surface area contributed by atoms with E-state index < -0.39 is 40.0 Å². The molecule has 0 aliphatic rings. The molecule has 0 fully saturated rings. The molecule has 0 saturated carbocycles. The zero-order chi connectivity index (χ0) is 19.0. The summed E-state index contributed by atoms with van der Waals surface area (Å²) in [5.41, 5.74) is -3.16. The number of halogens is 2. The van der Waals surface area contributed by atoms with Gasteiger partial charge in [-0.2, -0.15) is 0 Å². The Bertz CT molecular complexity index is 1130. The number of hydrogen-bond donors (Lipinski definition) is 1. The van der Waals surface area contributed by atoms with Crippen LogP contribution >= 0.6 is 0 Å². The second-order valence-corrected chi connectivity index (χ2v) is 5.23. The van der Waals surface area contributed by atoms with Gasteiger partial charge in [0, 0.05) is 20.3 Å². The number of amides is 1. The van der Waals surface area contributed by atoms with Gasteiger partial charge in [0.1, 0.15) is 5.56 Å². The minimum atomic E-state index is -1.39. The number of aryl methyl sites for hydroxylation is 2. The standard InChI is InChI=1S/C14H11F2N7O3/c1-21-6-7(11(24)17-13-18-19-20-22(13)2)12(25)23(14(21)26)9-5-3-4-8(15)10(9)16/h3-6H,1-2H3,(H,17,18,20,24). The lowest BCUT2D eigenvalue weighted by Crippen LogP contribution is -2.42. The quantitative estimate of drug-likeness (QED) is 0.676. The van der Waals surface area contributed by atoms with Gasteiger partial charge in [-0.05, 0) is 22.6 Å². The number of tetrazole rings is 1. The van der Waals surface area contributed by atoms with Gasteiger partial charge in [0.25, 0.3) is 11.5 Å². The van der Waals surface area contributed by atoms with Gasteiger partial charge in [-0.15, -0.1) is 0 Å². The van der Waals surface area contributed by atoms with Crippen LogP contribution in [0.1, 0.15) is 10.4 Å².